The van der Waals surface area contributed by atoms with Gasteiger partial charge in [0.2, 0.25) is 5.95 Å². The smallest absolute Gasteiger partial charge is 0.230 e. The van der Waals surface area contributed by atoms with E-state index in [0.717, 1.165) is 37.3 Å². The van der Waals surface area contributed by atoms with Crippen molar-refractivity contribution in [3.63, 3.8) is 0 Å². The third-order valence-corrected chi connectivity index (χ3v) is 7.91. The first kappa shape index (κ1) is 20.2. The molecule has 3 aromatic rings. The molecule has 1 N–H and O–H groups in total. The van der Waals surface area contributed by atoms with Crippen molar-refractivity contribution < 1.29 is 8.42 Å². The summed E-state index contributed by atoms with van der Waals surface area (Å²) in [6, 6.07) is 6.23. The van der Waals surface area contributed by atoms with Gasteiger partial charge in [0.1, 0.15) is 16.5 Å². The van der Waals surface area contributed by atoms with Crippen LogP contribution in [0.2, 0.25) is 0 Å². The number of aryl methyl sites for hydroxylation is 1. The number of hydrogen-bond acceptors (Lipinski definition) is 8. The standard InChI is InChI=1S/C21H27N7O2S/c1-15(2)26-7-9-27(10-8-26)17-4-5-18(22-14-17)24-21-23-13-16-12-19-28(20(16)25-21)6-3-11-31(19,29)30/h4-5,12-15H,3,6-11H2,1-2H3,(H,22,23,24,25). The van der Waals surface area contributed by atoms with Gasteiger partial charge in [-0.05, 0) is 38.5 Å². The van der Waals surface area contributed by atoms with Crippen molar-refractivity contribution >= 4 is 38.3 Å². The molecule has 0 radical (unpaired) electrons. The average molecular weight is 442 g/mol. The second kappa shape index (κ2) is 7.76. The van der Waals surface area contributed by atoms with E-state index in [4.69, 9.17) is 0 Å². The summed E-state index contributed by atoms with van der Waals surface area (Å²) in [5.41, 5.74) is 1.74. The van der Waals surface area contributed by atoms with Gasteiger partial charge in [0.05, 0.1) is 17.6 Å². The first-order chi connectivity index (χ1) is 14.9. The van der Waals surface area contributed by atoms with Gasteiger partial charge in [0.15, 0.2) is 9.84 Å². The van der Waals surface area contributed by atoms with E-state index in [2.05, 4.69) is 50.0 Å². The normalized spacial score (nSPS) is 19.0. The lowest BCUT2D eigenvalue weighted by molar-refractivity contribution is 0.209. The van der Waals surface area contributed by atoms with E-state index in [0.29, 0.717) is 41.4 Å². The van der Waals surface area contributed by atoms with Crippen molar-refractivity contribution in [3.05, 3.63) is 30.6 Å². The summed E-state index contributed by atoms with van der Waals surface area (Å²) in [4.78, 5) is 18.3. The molecule has 0 atom stereocenters. The van der Waals surface area contributed by atoms with E-state index in [1.807, 2.05) is 12.3 Å². The van der Waals surface area contributed by atoms with Crippen molar-refractivity contribution in [2.45, 2.75) is 37.9 Å². The Balaban J connectivity index is 1.32. The van der Waals surface area contributed by atoms with Gasteiger partial charge < -0.3 is 14.8 Å². The maximum absolute atomic E-state index is 12.3. The Labute approximate surface area is 182 Å². The Morgan fingerprint density at radius 2 is 1.84 bits per heavy atom. The molecule has 1 fully saturated rings. The number of hydrogen-bond donors (Lipinski definition) is 1. The lowest BCUT2D eigenvalue weighted by Gasteiger charge is -2.38. The Hall–Kier alpha value is -2.72. The van der Waals surface area contributed by atoms with E-state index in [-0.39, 0.29) is 5.75 Å². The van der Waals surface area contributed by atoms with Gasteiger partial charge >= 0.3 is 0 Å². The highest BCUT2D eigenvalue weighted by Gasteiger charge is 2.26. The maximum Gasteiger partial charge on any atom is 0.230 e. The van der Waals surface area contributed by atoms with Crippen LogP contribution in [0.5, 0.6) is 0 Å². The van der Waals surface area contributed by atoms with Crippen molar-refractivity contribution in [1.82, 2.24) is 24.4 Å². The predicted molar refractivity (Wildman–Crippen MR) is 121 cm³/mol. The number of rotatable bonds is 4. The number of piperazine rings is 1. The van der Waals surface area contributed by atoms with Crippen LogP contribution in [0.1, 0.15) is 20.3 Å². The fraction of sp³-hybridized carbons (Fsp3) is 0.476. The van der Waals surface area contributed by atoms with E-state index >= 15 is 0 Å². The Bertz CT molecular complexity index is 1200. The van der Waals surface area contributed by atoms with E-state index in [1.54, 1.807) is 16.8 Å². The lowest BCUT2D eigenvalue weighted by atomic mass is 10.2. The van der Waals surface area contributed by atoms with Gasteiger partial charge in [0.25, 0.3) is 0 Å². The molecule has 9 nitrogen and oxygen atoms in total. The summed E-state index contributed by atoms with van der Waals surface area (Å²) in [5, 5.41) is 4.21. The molecule has 31 heavy (non-hydrogen) atoms. The summed E-state index contributed by atoms with van der Waals surface area (Å²) >= 11 is 0. The third kappa shape index (κ3) is 3.85. The summed E-state index contributed by atoms with van der Waals surface area (Å²) in [7, 11) is -3.24. The zero-order valence-corrected chi connectivity index (χ0v) is 18.6. The third-order valence-electron chi connectivity index (χ3n) is 6.11. The van der Waals surface area contributed by atoms with Crippen LogP contribution in [0.25, 0.3) is 11.0 Å². The number of sulfone groups is 1. The largest absolute Gasteiger partial charge is 0.368 e. The lowest BCUT2D eigenvalue weighted by Crippen LogP contribution is -2.48. The highest BCUT2D eigenvalue weighted by Crippen LogP contribution is 2.28. The minimum Gasteiger partial charge on any atom is -0.368 e. The maximum atomic E-state index is 12.3. The number of fused-ring (bicyclic) bond motifs is 3. The molecular formula is C21H27N7O2S. The van der Waals surface area contributed by atoms with Crippen LogP contribution in [0, 0.1) is 0 Å². The van der Waals surface area contributed by atoms with Crippen LogP contribution in [0.15, 0.2) is 35.6 Å². The van der Waals surface area contributed by atoms with E-state index in [9.17, 15) is 8.42 Å². The van der Waals surface area contributed by atoms with Crippen LogP contribution in [-0.2, 0) is 16.4 Å². The van der Waals surface area contributed by atoms with Crippen LogP contribution >= 0.6 is 0 Å². The molecule has 2 aliphatic heterocycles. The first-order valence-corrected chi connectivity index (χ1v) is 12.4. The van der Waals surface area contributed by atoms with Crippen molar-refractivity contribution in [1.29, 1.82) is 0 Å². The molecule has 0 amide bonds. The fourth-order valence-corrected chi connectivity index (χ4v) is 5.86. The van der Waals surface area contributed by atoms with Crippen molar-refractivity contribution in [3.8, 4) is 0 Å². The number of aromatic nitrogens is 4. The monoisotopic (exact) mass is 441 g/mol. The van der Waals surface area contributed by atoms with Gasteiger partial charge in [-0.15, -0.1) is 0 Å². The molecule has 5 heterocycles. The molecule has 3 aromatic heterocycles. The van der Waals surface area contributed by atoms with Crippen LogP contribution in [0.3, 0.4) is 0 Å². The van der Waals surface area contributed by atoms with E-state index in [1.165, 1.54) is 0 Å². The first-order valence-electron chi connectivity index (χ1n) is 10.7. The van der Waals surface area contributed by atoms with Gasteiger partial charge in [-0.3, -0.25) is 4.90 Å². The SMILES string of the molecule is CC(C)N1CCN(c2ccc(Nc3ncc4cc5n(c4n3)CCCS5(=O)=O)nc2)CC1. The molecular weight excluding hydrogens is 414 g/mol. The second-order valence-electron chi connectivity index (χ2n) is 8.42. The van der Waals surface area contributed by atoms with Crippen molar-refractivity contribution in [2.75, 3.05) is 42.1 Å². The molecule has 0 saturated carbocycles. The summed E-state index contributed by atoms with van der Waals surface area (Å²) in [6.07, 6.45) is 4.13. The summed E-state index contributed by atoms with van der Waals surface area (Å²) in [6.45, 7) is 9.22. The van der Waals surface area contributed by atoms with Crippen LogP contribution in [-0.4, -0.2) is 70.8 Å². The van der Waals surface area contributed by atoms with Gasteiger partial charge in [0, 0.05) is 50.3 Å². The van der Waals surface area contributed by atoms with Gasteiger partial charge in [-0.2, -0.15) is 4.98 Å². The molecule has 0 aliphatic carbocycles. The highest BCUT2D eigenvalue weighted by atomic mass is 32.2. The zero-order chi connectivity index (χ0) is 21.6. The molecule has 0 bridgehead atoms. The van der Waals surface area contributed by atoms with E-state index < -0.39 is 9.84 Å². The van der Waals surface area contributed by atoms with Crippen molar-refractivity contribution in [2.24, 2.45) is 0 Å². The number of nitrogens with one attached hydrogen (secondary N) is 1. The minimum absolute atomic E-state index is 0.185. The molecule has 0 unspecified atom stereocenters. The Morgan fingerprint density at radius 3 is 2.55 bits per heavy atom. The molecule has 0 spiro atoms. The Morgan fingerprint density at radius 1 is 1.03 bits per heavy atom. The molecule has 5 rings (SSSR count). The zero-order valence-electron chi connectivity index (χ0n) is 17.8. The predicted octanol–water partition coefficient (Wildman–Crippen LogP) is 2.28. The fourth-order valence-electron chi connectivity index (χ4n) is 4.32. The summed E-state index contributed by atoms with van der Waals surface area (Å²) < 4.78 is 26.4. The average Bonchev–Trinajstić information content (AvgIpc) is 3.14. The number of pyridine rings is 1. The Kier molecular flexibility index (Phi) is 5.05. The molecule has 164 valence electrons. The van der Waals surface area contributed by atoms with Gasteiger partial charge in [-0.25, -0.2) is 18.4 Å². The molecule has 1 saturated heterocycles. The quantitative estimate of drug-likeness (QED) is 0.659. The van der Waals surface area contributed by atoms with Gasteiger partial charge in [-0.1, -0.05) is 0 Å². The van der Waals surface area contributed by atoms with Crippen LogP contribution in [0.4, 0.5) is 17.5 Å². The summed E-state index contributed by atoms with van der Waals surface area (Å²) in [5.74, 6) is 1.24. The van der Waals surface area contributed by atoms with Crippen LogP contribution < -0.4 is 10.2 Å². The number of anilines is 3. The minimum atomic E-state index is -3.24. The topological polar surface area (TPSA) is 96.2 Å². The number of nitrogens with zero attached hydrogens (tertiary/aromatic N) is 6. The highest BCUT2D eigenvalue weighted by molar-refractivity contribution is 7.91. The molecule has 10 heteroatoms. The molecule has 2 aliphatic rings. The molecule has 0 aromatic carbocycles. The second-order valence-corrected chi connectivity index (χ2v) is 10.5.